The maximum atomic E-state index is 12.3. The SMILES string of the molecule is CN(C(=O)C1CCC(N)CC1)c1cccnc1. The van der Waals surface area contributed by atoms with Gasteiger partial charge in [-0.3, -0.25) is 9.78 Å². The molecule has 92 valence electrons. The first-order valence-electron chi connectivity index (χ1n) is 6.11. The van der Waals surface area contributed by atoms with Crippen molar-refractivity contribution in [3.63, 3.8) is 0 Å². The molecule has 2 rings (SSSR count). The first-order valence-corrected chi connectivity index (χ1v) is 6.11. The van der Waals surface area contributed by atoms with E-state index in [1.165, 1.54) is 0 Å². The molecule has 2 N–H and O–H groups in total. The van der Waals surface area contributed by atoms with Crippen LogP contribution in [0.15, 0.2) is 24.5 Å². The lowest BCUT2D eigenvalue weighted by Gasteiger charge is -2.28. The first-order chi connectivity index (χ1) is 8.18. The third-order valence-electron chi connectivity index (χ3n) is 3.48. The largest absolute Gasteiger partial charge is 0.328 e. The number of hydrogen-bond donors (Lipinski definition) is 1. The van der Waals surface area contributed by atoms with Gasteiger partial charge in [0.1, 0.15) is 0 Å². The van der Waals surface area contributed by atoms with Crippen LogP contribution in [-0.2, 0) is 4.79 Å². The number of hydrogen-bond acceptors (Lipinski definition) is 3. The van der Waals surface area contributed by atoms with Gasteiger partial charge >= 0.3 is 0 Å². The van der Waals surface area contributed by atoms with Crippen LogP contribution in [0.1, 0.15) is 25.7 Å². The Morgan fingerprint density at radius 1 is 1.41 bits per heavy atom. The number of nitrogens with two attached hydrogens (primary N) is 1. The van der Waals surface area contributed by atoms with Gasteiger partial charge in [-0.1, -0.05) is 0 Å². The van der Waals surface area contributed by atoms with Crippen molar-refractivity contribution in [3.05, 3.63) is 24.5 Å². The van der Waals surface area contributed by atoms with Crippen LogP contribution in [0.5, 0.6) is 0 Å². The molecule has 1 aliphatic rings. The van der Waals surface area contributed by atoms with Gasteiger partial charge in [0.25, 0.3) is 0 Å². The molecule has 1 aromatic rings. The minimum absolute atomic E-state index is 0.125. The summed E-state index contributed by atoms with van der Waals surface area (Å²) in [6, 6.07) is 4.03. The van der Waals surface area contributed by atoms with Gasteiger partial charge in [0, 0.05) is 25.2 Å². The molecule has 0 atom stereocenters. The maximum absolute atomic E-state index is 12.3. The summed E-state index contributed by atoms with van der Waals surface area (Å²) >= 11 is 0. The lowest BCUT2D eigenvalue weighted by Crippen LogP contribution is -2.37. The summed E-state index contributed by atoms with van der Waals surface area (Å²) < 4.78 is 0. The van der Waals surface area contributed by atoms with E-state index in [9.17, 15) is 4.79 Å². The lowest BCUT2D eigenvalue weighted by atomic mass is 9.85. The quantitative estimate of drug-likeness (QED) is 0.843. The van der Waals surface area contributed by atoms with E-state index in [1.54, 1.807) is 17.3 Å². The molecular weight excluding hydrogens is 214 g/mol. The zero-order valence-corrected chi connectivity index (χ0v) is 10.2. The zero-order valence-electron chi connectivity index (χ0n) is 10.2. The van der Waals surface area contributed by atoms with Crippen molar-refractivity contribution in [1.29, 1.82) is 0 Å². The average molecular weight is 233 g/mol. The van der Waals surface area contributed by atoms with Crippen LogP contribution in [0.3, 0.4) is 0 Å². The van der Waals surface area contributed by atoms with Crippen LogP contribution in [0.2, 0.25) is 0 Å². The Hall–Kier alpha value is -1.42. The second-order valence-corrected chi connectivity index (χ2v) is 4.72. The van der Waals surface area contributed by atoms with Crippen LogP contribution < -0.4 is 10.6 Å². The van der Waals surface area contributed by atoms with Gasteiger partial charge in [0.2, 0.25) is 5.91 Å². The minimum atomic E-state index is 0.125. The van der Waals surface area contributed by atoms with Crippen LogP contribution in [0, 0.1) is 5.92 Å². The predicted molar refractivity (Wildman–Crippen MR) is 67.6 cm³/mol. The molecule has 0 spiro atoms. The van der Waals surface area contributed by atoms with E-state index in [-0.39, 0.29) is 17.9 Å². The highest BCUT2D eigenvalue weighted by Crippen LogP contribution is 2.26. The summed E-state index contributed by atoms with van der Waals surface area (Å²) in [6.45, 7) is 0. The molecule has 4 nitrogen and oxygen atoms in total. The third-order valence-corrected chi connectivity index (χ3v) is 3.48. The van der Waals surface area contributed by atoms with E-state index in [0.29, 0.717) is 0 Å². The van der Waals surface area contributed by atoms with Crippen molar-refractivity contribution in [2.75, 3.05) is 11.9 Å². The second-order valence-electron chi connectivity index (χ2n) is 4.72. The molecule has 4 heteroatoms. The van der Waals surface area contributed by atoms with Crippen LogP contribution in [-0.4, -0.2) is 24.0 Å². The molecule has 0 bridgehead atoms. The normalized spacial score (nSPS) is 24.4. The molecule has 1 aliphatic carbocycles. The molecular formula is C13H19N3O. The van der Waals surface area contributed by atoms with Gasteiger partial charge in [0.05, 0.1) is 11.9 Å². The Balaban J connectivity index is 2.00. The van der Waals surface area contributed by atoms with Gasteiger partial charge in [-0.2, -0.15) is 0 Å². The Morgan fingerprint density at radius 3 is 2.71 bits per heavy atom. The molecule has 1 saturated carbocycles. The van der Waals surface area contributed by atoms with Crippen molar-refractivity contribution >= 4 is 11.6 Å². The zero-order chi connectivity index (χ0) is 12.3. The van der Waals surface area contributed by atoms with E-state index in [0.717, 1.165) is 31.4 Å². The number of nitrogens with zero attached hydrogens (tertiary/aromatic N) is 2. The molecule has 17 heavy (non-hydrogen) atoms. The molecule has 1 heterocycles. The van der Waals surface area contributed by atoms with Gasteiger partial charge in [-0.25, -0.2) is 0 Å². The molecule has 0 aromatic carbocycles. The summed E-state index contributed by atoms with van der Waals surface area (Å²) in [5.74, 6) is 0.310. The highest BCUT2D eigenvalue weighted by Gasteiger charge is 2.27. The number of rotatable bonds is 2. The molecule has 0 aliphatic heterocycles. The minimum Gasteiger partial charge on any atom is -0.328 e. The van der Waals surface area contributed by atoms with E-state index < -0.39 is 0 Å². The van der Waals surface area contributed by atoms with E-state index in [4.69, 9.17) is 5.73 Å². The molecule has 1 amide bonds. The number of carbonyl (C=O) groups excluding carboxylic acids is 1. The Kier molecular flexibility index (Phi) is 3.74. The van der Waals surface area contributed by atoms with Gasteiger partial charge in [0.15, 0.2) is 0 Å². The van der Waals surface area contributed by atoms with Gasteiger partial charge in [-0.15, -0.1) is 0 Å². The van der Waals surface area contributed by atoms with Crippen LogP contribution >= 0.6 is 0 Å². The van der Waals surface area contributed by atoms with E-state index in [1.807, 2.05) is 19.2 Å². The second kappa shape index (κ2) is 5.27. The Morgan fingerprint density at radius 2 is 2.12 bits per heavy atom. The average Bonchev–Trinajstić information content (AvgIpc) is 2.39. The van der Waals surface area contributed by atoms with Crippen LogP contribution in [0.4, 0.5) is 5.69 Å². The number of aromatic nitrogens is 1. The maximum Gasteiger partial charge on any atom is 0.229 e. The number of pyridine rings is 1. The predicted octanol–water partition coefficient (Wildman–Crippen LogP) is 1.56. The topological polar surface area (TPSA) is 59.2 Å². The van der Waals surface area contributed by atoms with Crippen molar-refractivity contribution in [2.45, 2.75) is 31.7 Å². The summed E-state index contributed by atoms with van der Waals surface area (Å²) in [5, 5.41) is 0. The Labute approximate surface area is 102 Å². The standard InChI is InChI=1S/C13H19N3O/c1-16(12-3-2-8-15-9-12)13(17)10-4-6-11(14)7-5-10/h2-3,8-11H,4-7,14H2,1H3. The fourth-order valence-electron chi connectivity index (χ4n) is 2.32. The highest BCUT2D eigenvalue weighted by molar-refractivity contribution is 5.94. The fraction of sp³-hybridized carbons (Fsp3) is 0.538. The molecule has 0 unspecified atom stereocenters. The van der Waals surface area contributed by atoms with Crippen molar-refractivity contribution < 1.29 is 4.79 Å². The molecule has 1 aromatic heterocycles. The molecule has 0 saturated heterocycles. The fourth-order valence-corrected chi connectivity index (χ4v) is 2.32. The van der Waals surface area contributed by atoms with Crippen molar-refractivity contribution in [3.8, 4) is 0 Å². The molecule has 1 fully saturated rings. The van der Waals surface area contributed by atoms with E-state index in [2.05, 4.69) is 4.98 Å². The number of anilines is 1. The van der Waals surface area contributed by atoms with Crippen LogP contribution in [0.25, 0.3) is 0 Å². The smallest absolute Gasteiger partial charge is 0.229 e. The van der Waals surface area contributed by atoms with Crippen molar-refractivity contribution in [2.24, 2.45) is 11.7 Å². The first kappa shape index (κ1) is 12.0. The highest BCUT2D eigenvalue weighted by atomic mass is 16.2. The summed E-state index contributed by atoms with van der Waals surface area (Å²) in [5.41, 5.74) is 6.70. The van der Waals surface area contributed by atoms with Gasteiger partial charge in [-0.05, 0) is 37.8 Å². The van der Waals surface area contributed by atoms with Crippen molar-refractivity contribution in [1.82, 2.24) is 4.98 Å². The molecule has 0 radical (unpaired) electrons. The number of amides is 1. The summed E-state index contributed by atoms with van der Waals surface area (Å²) in [4.78, 5) is 18.0. The van der Waals surface area contributed by atoms with E-state index >= 15 is 0 Å². The monoisotopic (exact) mass is 233 g/mol. The van der Waals surface area contributed by atoms with Gasteiger partial charge < -0.3 is 10.6 Å². The lowest BCUT2D eigenvalue weighted by molar-refractivity contribution is -0.123. The number of carbonyl (C=O) groups is 1. The summed E-state index contributed by atoms with van der Waals surface area (Å²) in [7, 11) is 1.81. The Bertz CT molecular complexity index is 372. The third kappa shape index (κ3) is 2.82. The summed E-state index contributed by atoms with van der Waals surface area (Å²) in [6.07, 6.45) is 7.15.